The molecule has 0 aromatic carbocycles. The van der Waals surface area contributed by atoms with Crippen LogP contribution in [0.4, 0.5) is 0 Å². The van der Waals surface area contributed by atoms with Gasteiger partial charge in [0.2, 0.25) is 0 Å². The molecule has 1 aliphatic rings. The van der Waals surface area contributed by atoms with Crippen molar-refractivity contribution < 1.29 is 9.47 Å². The fourth-order valence-electron chi connectivity index (χ4n) is 1.72. The van der Waals surface area contributed by atoms with Crippen LogP contribution in [0.25, 0.3) is 0 Å². The first kappa shape index (κ1) is 12.7. The van der Waals surface area contributed by atoms with Gasteiger partial charge < -0.3 is 19.7 Å². The highest BCUT2D eigenvalue weighted by Crippen LogP contribution is 2.10. The van der Waals surface area contributed by atoms with E-state index in [2.05, 4.69) is 24.1 Å². The second-order valence-electron chi connectivity index (χ2n) is 3.89. The summed E-state index contributed by atoms with van der Waals surface area (Å²) in [5.74, 6) is 0. The van der Waals surface area contributed by atoms with Crippen molar-refractivity contribution in [2.24, 2.45) is 0 Å². The van der Waals surface area contributed by atoms with Gasteiger partial charge in [-0.05, 0) is 26.1 Å². The van der Waals surface area contributed by atoms with Crippen LogP contribution in [0.15, 0.2) is 0 Å². The Labute approximate surface area is 96.9 Å². The highest BCUT2D eigenvalue weighted by Gasteiger charge is 2.23. The van der Waals surface area contributed by atoms with Gasteiger partial charge in [-0.1, -0.05) is 0 Å². The van der Waals surface area contributed by atoms with E-state index in [4.69, 9.17) is 21.7 Å². The average molecular weight is 232 g/mol. The molecule has 0 aromatic heterocycles. The first-order valence-corrected chi connectivity index (χ1v) is 5.71. The maximum atomic E-state index is 5.64. The highest BCUT2D eigenvalue weighted by atomic mass is 32.1. The van der Waals surface area contributed by atoms with Crippen LogP contribution >= 0.6 is 12.2 Å². The second kappa shape index (κ2) is 6.25. The summed E-state index contributed by atoms with van der Waals surface area (Å²) >= 11 is 5.30. The molecule has 1 rings (SSSR count). The smallest absolute Gasteiger partial charge is 0.169 e. The molecule has 5 heteroatoms. The summed E-state index contributed by atoms with van der Waals surface area (Å²) in [5, 5.41) is 3.97. The lowest BCUT2D eigenvalue weighted by Gasteiger charge is -2.36. The molecule has 0 spiro atoms. The van der Waals surface area contributed by atoms with Crippen LogP contribution in [0.1, 0.15) is 13.8 Å². The van der Waals surface area contributed by atoms with Gasteiger partial charge in [0, 0.05) is 26.7 Å². The van der Waals surface area contributed by atoms with E-state index in [9.17, 15) is 0 Å². The SMILES string of the molecule is COCCNC(=S)N1C[C@@H](C)O[C@@H](C)C1. The fraction of sp³-hybridized carbons (Fsp3) is 0.900. The molecular weight excluding hydrogens is 212 g/mol. The van der Waals surface area contributed by atoms with Gasteiger partial charge in [-0.15, -0.1) is 0 Å². The lowest BCUT2D eigenvalue weighted by atomic mass is 10.2. The van der Waals surface area contributed by atoms with Gasteiger partial charge in [0.15, 0.2) is 5.11 Å². The third-order valence-electron chi connectivity index (χ3n) is 2.29. The van der Waals surface area contributed by atoms with Crippen molar-refractivity contribution in [3.8, 4) is 0 Å². The Balaban J connectivity index is 2.31. The van der Waals surface area contributed by atoms with E-state index < -0.39 is 0 Å². The van der Waals surface area contributed by atoms with Gasteiger partial charge in [0.25, 0.3) is 0 Å². The Morgan fingerprint density at radius 2 is 2.07 bits per heavy atom. The molecule has 0 amide bonds. The van der Waals surface area contributed by atoms with E-state index in [0.29, 0.717) is 6.61 Å². The van der Waals surface area contributed by atoms with E-state index in [-0.39, 0.29) is 12.2 Å². The summed E-state index contributed by atoms with van der Waals surface area (Å²) in [6, 6.07) is 0. The molecule has 1 saturated heterocycles. The van der Waals surface area contributed by atoms with E-state index in [1.165, 1.54) is 0 Å². The zero-order chi connectivity index (χ0) is 11.3. The zero-order valence-electron chi connectivity index (χ0n) is 9.66. The van der Waals surface area contributed by atoms with Crippen molar-refractivity contribution in [2.75, 3.05) is 33.4 Å². The Bertz CT molecular complexity index is 204. The quantitative estimate of drug-likeness (QED) is 0.570. The predicted octanol–water partition coefficient (Wildman–Crippen LogP) is 0.616. The largest absolute Gasteiger partial charge is 0.383 e. The molecule has 15 heavy (non-hydrogen) atoms. The molecule has 0 radical (unpaired) electrons. The van der Waals surface area contributed by atoms with Crippen LogP contribution in [0.3, 0.4) is 0 Å². The molecule has 1 heterocycles. The van der Waals surface area contributed by atoms with Gasteiger partial charge in [0.05, 0.1) is 18.8 Å². The van der Waals surface area contributed by atoms with Gasteiger partial charge in [-0.2, -0.15) is 0 Å². The average Bonchev–Trinajstić information content (AvgIpc) is 2.16. The monoisotopic (exact) mass is 232 g/mol. The lowest BCUT2D eigenvalue weighted by Crippen LogP contribution is -2.51. The molecule has 0 aliphatic carbocycles. The standard InChI is InChI=1S/C10H20N2O2S/c1-8-6-12(7-9(2)14-8)10(15)11-4-5-13-3/h8-9H,4-7H2,1-3H3,(H,11,15)/t8-,9+. The van der Waals surface area contributed by atoms with Crippen molar-refractivity contribution in [1.82, 2.24) is 10.2 Å². The number of morpholine rings is 1. The van der Waals surface area contributed by atoms with Crippen molar-refractivity contribution in [3.63, 3.8) is 0 Å². The molecule has 0 saturated carbocycles. The van der Waals surface area contributed by atoms with Crippen molar-refractivity contribution in [2.45, 2.75) is 26.1 Å². The van der Waals surface area contributed by atoms with Gasteiger partial charge in [-0.25, -0.2) is 0 Å². The first-order chi connectivity index (χ1) is 7.13. The number of thiocarbonyl (C=S) groups is 1. The van der Waals surface area contributed by atoms with Gasteiger partial charge >= 0.3 is 0 Å². The van der Waals surface area contributed by atoms with Gasteiger partial charge in [0.1, 0.15) is 0 Å². The Kier molecular flexibility index (Phi) is 5.28. The number of rotatable bonds is 3. The van der Waals surface area contributed by atoms with Crippen LogP contribution in [0.2, 0.25) is 0 Å². The Morgan fingerprint density at radius 1 is 1.47 bits per heavy atom. The zero-order valence-corrected chi connectivity index (χ0v) is 10.5. The molecule has 1 N–H and O–H groups in total. The van der Waals surface area contributed by atoms with Crippen LogP contribution in [0, 0.1) is 0 Å². The van der Waals surface area contributed by atoms with Crippen LogP contribution in [-0.2, 0) is 9.47 Å². The molecule has 0 unspecified atom stereocenters. The van der Waals surface area contributed by atoms with Crippen molar-refractivity contribution in [1.29, 1.82) is 0 Å². The molecule has 1 fully saturated rings. The molecule has 4 nitrogen and oxygen atoms in total. The van der Waals surface area contributed by atoms with Crippen LogP contribution in [-0.4, -0.2) is 55.6 Å². The predicted molar refractivity (Wildman–Crippen MR) is 64.1 cm³/mol. The summed E-state index contributed by atoms with van der Waals surface area (Å²) in [5.41, 5.74) is 0. The molecule has 1 aliphatic heterocycles. The summed E-state index contributed by atoms with van der Waals surface area (Å²) in [6.07, 6.45) is 0.492. The highest BCUT2D eigenvalue weighted by molar-refractivity contribution is 7.80. The van der Waals surface area contributed by atoms with Gasteiger partial charge in [-0.3, -0.25) is 0 Å². The topological polar surface area (TPSA) is 33.7 Å². The lowest BCUT2D eigenvalue weighted by molar-refractivity contribution is -0.0482. The maximum Gasteiger partial charge on any atom is 0.169 e. The Morgan fingerprint density at radius 3 is 2.60 bits per heavy atom. The third kappa shape index (κ3) is 4.32. The second-order valence-corrected chi connectivity index (χ2v) is 4.27. The summed E-state index contributed by atoms with van der Waals surface area (Å²) in [4.78, 5) is 2.16. The minimum Gasteiger partial charge on any atom is -0.383 e. The number of hydrogen-bond donors (Lipinski definition) is 1. The minimum atomic E-state index is 0.246. The van der Waals surface area contributed by atoms with E-state index in [1.807, 2.05) is 0 Å². The maximum absolute atomic E-state index is 5.64. The summed E-state index contributed by atoms with van der Waals surface area (Å²) in [6.45, 7) is 7.30. The number of nitrogens with one attached hydrogen (secondary N) is 1. The van der Waals surface area contributed by atoms with Crippen LogP contribution in [0.5, 0.6) is 0 Å². The van der Waals surface area contributed by atoms with E-state index in [0.717, 1.165) is 24.7 Å². The number of ether oxygens (including phenoxy) is 2. The summed E-state index contributed by atoms with van der Waals surface area (Å²) in [7, 11) is 1.68. The van der Waals surface area contributed by atoms with Crippen molar-refractivity contribution >= 4 is 17.3 Å². The third-order valence-corrected chi connectivity index (χ3v) is 2.69. The molecule has 0 aromatic rings. The van der Waals surface area contributed by atoms with Crippen LogP contribution < -0.4 is 5.32 Å². The number of methoxy groups -OCH3 is 1. The minimum absolute atomic E-state index is 0.246. The van der Waals surface area contributed by atoms with E-state index in [1.54, 1.807) is 7.11 Å². The number of hydrogen-bond acceptors (Lipinski definition) is 3. The molecule has 0 bridgehead atoms. The summed E-state index contributed by atoms with van der Waals surface area (Å²) < 4.78 is 10.6. The molecular formula is C10H20N2O2S. The molecule has 88 valence electrons. The van der Waals surface area contributed by atoms with E-state index >= 15 is 0 Å². The fourth-order valence-corrected chi connectivity index (χ4v) is 1.97. The normalized spacial score (nSPS) is 26.5. The molecule has 2 atom stereocenters. The number of nitrogens with zero attached hydrogens (tertiary/aromatic N) is 1. The first-order valence-electron chi connectivity index (χ1n) is 5.30. The van der Waals surface area contributed by atoms with Crippen molar-refractivity contribution in [3.05, 3.63) is 0 Å². The Hall–Kier alpha value is -0.390.